The first kappa shape index (κ1) is 9.15. The lowest BCUT2D eigenvalue weighted by atomic mass is 10.1. The average Bonchev–Trinajstić information content (AvgIpc) is 2.33. The van der Waals surface area contributed by atoms with Gasteiger partial charge in [-0.2, -0.15) is 0 Å². The molecule has 0 aliphatic heterocycles. The van der Waals surface area contributed by atoms with Crippen LogP contribution in [0.1, 0.15) is 23.0 Å². The van der Waals surface area contributed by atoms with Crippen LogP contribution in [-0.2, 0) is 4.79 Å². The monoisotopic (exact) mass is 186 g/mol. The Labute approximate surface area is 74.0 Å². The third kappa shape index (κ3) is 2.02. The first-order chi connectivity index (χ1) is 5.61. The molecule has 0 aromatic carbocycles. The fourth-order valence-corrected chi connectivity index (χ4v) is 1.75. The number of nitrogens with zero attached hydrogens (tertiary/aromatic N) is 1. The molecule has 5 heteroatoms. The predicted molar refractivity (Wildman–Crippen MR) is 46.0 cm³/mol. The van der Waals surface area contributed by atoms with Crippen LogP contribution < -0.4 is 5.73 Å². The Morgan fingerprint density at radius 3 is 3.00 bits per heavy atom. The van der Waals surface area contributed by atoms with E-state index in [0.29, 0.717) is 0 Å². The fraction of sp³-hybridized carbons (Fsp3) is 0.429. The molecule has 0 fully saturated rings. The highest BCUT2D eigenvalue weighted by Crippen LogP contribution is 2.21. The van der Waals surface area contributed by atoms with Crippen molar-refractivity contribution in [1.82, 2.24) is 4.98 Å². The van der Waals surface area contributed by atoms with Gasteiger partial charge in [0.15, 0.2) is 0 Å². The van der Waals surface area contributed by atoms with Gasteiger partial charge in [-0.25, -0.2) is 4.98 Å². The quantitative estimate of drug-likeness (QED) is 0.736. The van der Waals surface area contributed by atoms with Crippen molar-refractivity contribution in [3.8, 4) is 0 Å². The summed E-state index contributed by atoms with van der Waals surface area (Å²) in [4.78, 5) is 15.2. The maximum absolute atomic E-state index is 10.3. The molecule has 66 valence electrons. The van der Waals surface area contributed by atoms with E-state index >= 15 is 0 Å². The summed E-state index contributed by atoms with van der Waals surface area (Å²) in [6.45, 7) is 1.83. The van der Waals surface area contributed by atoms with Crippen molar-refractivity contribution in [3.63, 3.8) is 0 Å². The highest BCUT2D eigenvalue weighted by molar-refractivity contribution is 7.09. The number of rotatable bonds is 3. The van der Waals surface area contributed by atoms with E-state index in [0.717, 1.165) is 10.6 Å². The Bertz CT molecular complexity index is 285. The first-order valence-electron chi connectivity index (χ1n) is 3.48. The summed E-state index contributed by atoms with van der Waals surface area (Å²) in [5.41, 5.74) is 8.13. The highest BCUT2D eigenvalue weighted by atomic mass is 32.1. The largest absolute Gasteiger partial charge is 0.481 e. The second-order valence-corrected chi connectivity index (χ2v) is 3.39. The number of carboxylic acid groups (broad SMARTS) is 1. The van der Waals surface area contributed by atoms with E-state index < -0.39 is 12.0 Å². The van der Waals surface area contributed by atoms with Crippen LogP contribution in [0.2, 0.25) is 0 Å². The standard InChI is InChI=1S/C7H10N2O2S/c1-4-7(12-3-9-4)5(8)2-6(10)11/h3,5H,2,8H2,1H3,(H,10,11)/t5-/m0/s1. The van der Waals surface area contributed by atoms with Gasteiger partial charge < -0.3 is 10.8 Å². The number of nitrogens with two attached hydrogens (primary N) is 1. The summed E-state index contributed by atoms with van der Waals surface area (Å²) in [6, 6.07) is -0.421. The van der Waals surface area contributed by atoms with Crippen molar-refractivity contribution in [2.45, 2.75) is 19.4 Å². The van der Waals surface area contributed by atoms with Crippen LogP contribution in [0.3, 0.4) is 0 Å². The molecule has 12 heavy (non-hydrogen) atoms. The van der Waals surface area contributed by atoms with Crippen molar-refractivity contribution in [2.75, 3.05) is 0 Å². The Morgan fingerprint density at radius 2 is 2.58 bits per heavy atom. The molecule has 0 aliphatic carbocycles. The van der Waals surface area contributed by atoms with Crippen LogP contribution in [0.4, 0.5) is 0 Å². The van der Waals surface area contributed by atoms with E-state index in [1.807, 2.05) is 6.92 Å². The van der Waals surface area contributed by atoms with Crippen molar-refractivity contribution < 1.29 is 9.90 Å². The molecule has 0 unspecified atom stereocenters. The molecule has 1 atom stereocenters. The number of hydrogen-bond acceptors (Lipinski definition) is 4. The normalized spacial score (nSPS) is 12.8. The number of carboxylic acids is 1. The average molecular weight is 186 g/mol. The molecule has 1 aromatic rings. The molecule has 1 aromatic heterocycles. The molecule has 3 N–H and O–H groups in total. The molecule has 0 saturated carbocycles. The van der Waals surface area contributed by atoms with Gasteiger partial charge in [-0.1, -0.05) is 0 Å². The molecule has 4 nitrogen and oxygen atoms in total. The van der Waals surface area contributed by atoms with E-state index in [1.54, 1.807) is 5.51 Å². The Hall–Kier alpha value is -0.940. The molecule has 0 radical (unpaired) electrons. The molecule has 1 rings (SSSR count). The minimum absolute atomic E-state index is 0.0387. The fourth-order valence-electron chi connectivity index (χ4n) is 0.948. The lowest BCUT2D eigenvalue weighted by Gasteiger charge is -2.05. The molecule has 0 spiro atoms. The van der Waals surface area contributed by atoms with E-state index in [2.05, 4.69) is 4.98 Å². The number of hydrogen-bond donors (Lipinski definition) is 2. The molecule has 0 saturated heterocycles. The predicted octanol–water partition coefficient (Wildman–Crippen LogP) is 0.926. The van der Waals surface area contributed by atoms with Gasteiger partial charge in [0, 0.05) is 4.88 Å². The number of carbonyl (C=O) groups is 1. The van der Waals surface area contributed by atoms with Crippen molar-refractivity contribution in [3.05, 3.63) is 16.1 Å². The van der Waals surface area contributed by atoms with Gasteiger partial charge in [-0.15, -0.1) is 11.3 Å². The Morgan fingerprint density at radius 1 is 1.92 bits per heavy atom. The van der Waals surface area contributed by atoms with Gasteiger partial charge in [0.05, 0.1) is 23.7 Å². The maximum atomic E-state index is 10.3. The lowest BCUT2D eigenvalue weighted by molar-refractivity contribution is -0.137. The second-order valence-electron chi connectivity index (χ2n) is 2.51. The van der Waals surface area contributed by atoms with Crippen molar-refractivity contribution in [2.24, 2.45) is 5.73 Å². The van der Waals surface area contributed by atoms with E-state index in [1.165, 1.54) is 11.3 Å². The van der Waals surface area contributed by atoms with Gasteiger partial charge in [-0.05, 0) is 6.92 Å². The molecule has 1 heterocycles. The Balaban J connectivity index is 2.71. The van der Waals surface area contributed by atoms with Crippen LogP contribution in [0.5, 0.6) is 0 Å². The summed E-state index contributed by atoms with van der Waals surface area (Å²) < 4.78 is 0. The lowest BCUT2D eigenvalue weighted by Crippen LogP contribution is -2.14. The van der Waals surface area contributed by atoms with Crippen molar-refractivity contribution in [1.29, 1.82) is 0 Å². The minimum atomic E-state index is -0.879. The zero-order chi connectivity index (χ0) is 9.14. The molecule has 0 aliphatic rings. The summed E-state index contributed by atoms with van der Waals surface area (Å²) in [6.07, 6.45) is -0.0387. The van der Waals surface area contributed by atoms with Crippen LogP contribution in [-0.4, -0.2) is 16.1 Å². The zero-order valence-corrected chi connectivity index (χ0v) is 7.47. The Kier molecular flexibility index (Phi) is 2.78. The number of aliphatic carboxylic acids is 1. The summed E-state index contributed by atoms with van der Waals surface area (Å²) in [7, 11) is 0. The maximum Gasteiger partial charge on any atom is 0.305 e. The summed E-state index contributed by atoms with van der Waals surface area (Å²) >= 11 is 1.40. The van der Waals surface area contributed by atoms with Gasteiger partial charge in [0.25, 0.3) is 0 Å². The summed E-state index contributed by atoms with van der Waals surface area (Å²) in [5, 5.41) is 8.48. The second kappa shape index (κ2) is 3.64. The SMILES string of the molecule is Cc1ncsc1[C@@H](N)CC(=O)O. The summed E-state index contributed by atoms with van der Waals surface area (Å²) in [5.74, 6) is -0.879. The third-order valence-electron chi connectivity index (χ3n) is 1.51. The van der Waals surface area contributed by atoms with E-state index in [9.17, 15) is 4.79 Å². The van der Waals surface area contributed by atoms with Crippen LogP contribution in [0.15, 0.2) is 5.51 Å². The van der Waals surface area contributed by atoms with Gasteiger partial charge >= 0.3 is 5.97 Å². The molecular formula is C7H10N2O2S. The van der Waals surface area contributed by atoms with Crippen LogP contribution >= 0.6 is 11.3 Å². The molecule has 0 amide bonds. The topological polar surface area (TPSA) is 76.2 Å². The van der Waals surface area contributed by atoms with Crippen LogP contribution in [0, 0.1) is 6.92 Å². The first-order valence-corrected chi connectivity index (χ1v) is 4.36. The third-order valence-corrected chi connectivity index (χ3v) is 2.58. The zero-order valence-electron chi connectivity index (χ0n) is 6.65. The number of aryl methyl sites for hydroxylation is 1. The van der Waals surface area contributed by atoms with Gasteiger partial charge in [-0.3, -0.25) is 4.79 Å². The van der Waals surface area contributed by atoms with Gasteiger partial charge in [0.2, 0.25) is 0 Å². The molecular weight excluding hydrogens is 176 g/mol. The number of thiazole rings is 1. The van der Waals surface area contributed by atoms with E-state index in [4.69, 9.17) is 10.8 Å². The van der Waals surface area contributed by atoms with Crippen LogP contribution in [0.25, 0.3) is 0 Å². The van der Waals surface area contributed by atoms with E-state index in [-0.39, 0.29) is 6.42 Å². The smallest absolute Gasteiger partial charge is 0.305 e. The minimum Gasteiger partial charge on any atom is -0.481 e. The van der Waals surface area contributed by atoms with Crippen molar-refractivity contribution >= 4 is 17.3 Å². The molecule has 0 bridgehead atoms. The van der Waals surface area contributed by atoms with Gasteiger partial charge in [0.1, 0.15) is 0 Å². The highest BCUT2D eigenvalue weighted by Gasteiger charge is 2.14. The number of aromatic nitrogens is 1.